The predicted octanol–water partition coefficient (Wildman–Crippen LogP) is 5.33. The summed E-state index contributed by atoms with van der Waals surface area (Å²) in [5.41, 5.74) is 5.16. The first-order valence-corrected chi connectivity index (χ1v) is 11.4. The number of nitrogens with zero attached hydrogens (tertiary/aromatic N) is 3. The molecule has 6 nitrogen and oxygen atoms in total. The number of aromatic nitrogens is 3. The second kappa shape index (κ2) is 10.1. The van der Waals surface area contributed by atoms with Gasteiger partial charge in [-0.2, -0.15) is 5.10 Å². The summed E-state index contributed by atoms with van der Waals surface area (Å²) in [5.74, 6) is -0.198. The summed E-state index contributed by atoms with van der Waals surface area (Å²) in [6, 6.07) is 15.5. The second-order valence-electron chi connectivity index (χ2n) is 7.93. The van der Waals surface area contributed by atoms with Crippen LogP contribution in [-0.4, -0.2) is 34.4 Å². The summed E-state index contributed by atoms with van der Waals surface area (Å²) in [6.45, 7) is 2.40. The number of aryl methyl sites for hydroxylation is 2. The fourth-order valence-corrected chi connectivity index (χ4v) is 4.05. The quantitative estimate of drug-likeness (QED) is 0.369. The van der Waals surface area contributed by atoms with Crippen LogP contribution in [0.3, 0.4) is 0 Å². The molecular formula is C26H25BrN4O2. The van der Waals surface area contributed by atoms with Gasteiger partial charge in [-0.05, 0) is 42.8 Å². The van der Waals surface area contributed by atoms with Gasteiger partial charge in [0.25, 0.3) is 5.91 Å². The zero-order valence-electron chi connectivity index (χ0n) is 18.7. The van der Waals surface area contributed by atoms with E-state index in [0.29, 0.717) is 17.9 Å². The molecule has 0 radical (unpaired) electrons. The molecule has 1 atom stereocenters. The van der Waals surface area contributed by atoms with E-state index in [0.717, 1.165) is 26.5 Å². The molecule has 4 aromatic rings. The predicted molar refractivity (Wildman–Crippen MR) is 135 cm³/mol. The van der Waals surface area contributed by atoms with Crippen LogP contribution in [0, 0.1) is 6.92 Å². The first kappa shape index (κ1) is 22.9. The highest BCUT2D eigenvalue weighted by Crippen LogP contribution is 2.25. The maximum absolute atomic E-state index is 13.4. The molecule has 4 rings (SSSR count). The highest BCUT2D eigenvalue weighted by atomic mass is 79.9. The zero-order valence-corrected chi connectivity index (χ0v) is 20.3. The number of amides is 1. The van der Waals surface area contributed by atoms with E-state index in [1.54, 1.807) is 18.0 Å². The van der Waals surface area contributed by atoms with Crippen molar-refractivity contribution in [2.24, 2.45) is 7.05 Å². The molecule has 0 aliphatic heterocycles. The third kappa shape index (κ3) is 5.56. The maximum Gasteiger partial charge on any atom is 0.252 e. The normalized spacial score (nSPS) is 12.4. The smallest absolute Gasteiger partial charge is 0.252 e. The van der Waals surface area contributed by atoms with Crippen molar-refractivity contribution in [3.8, 4) is 0 Å². The van der Waals surface area contributed by atoms with Gasteiger partial charge in [0, 0.05) is 35.8 Å². The minimum atomic E-state index is -0.321. The number of carbonyl (C=O) groups excluding carboxylic acids is 1. The number of benzene rings is 2. The Labute approximate surface area is 201 Å². The molecule has 2 aromatic carbocycles. The first-order valence-electron chi connectivity index (χ1n) is 10.6. The molecule has 1 N–H and O–H groups in total. The Morgan fingerprint density at radius 1 is 1.21 bits per heavy atom. The lowest BCUT2D eigenvalue weighted by atomic mass is 10.0. The number of rotatable bonds is 7. The number of pyridine rings is 1. The minimum absolute atomic E-state index is 0.198. The molecule has 2 heterocycles. The van der Waals surface area contributed by atoms with Crippen molar-refractivity contribution < 1.29 is 9.53 Å². The summed E-state index contributed by atoms with van der Waals surface area (Å²) in [4.78, 5) is 18.2. The highest BCUT2D eigenvalue weighted by Gasteiger charge is 2.20. The Morgan fingerprint density at radius 2 is 2.06 bits per heavy atom. The number of ether oxygens (including phenoxy) is 1. The van der Waals surface area contributed by atoms with Gasteiger partial charge >= 0.3 is 0 Å². The Balaban J connectivity index is 1.71. The molecule has 0 saturated heterocycles. The molecule has 0 fully saturated rings. The Bertz CT molecular complexity index is 1330. The molecule has 0 aliphatic carbocycles. The fourth-order valence-electron chi connectivity index (χ4n) is 3.69. The SMILES string of the molecule is COCC(NC(=O)c1cc(/C=C/c2cccc(C)c2)nc2ccc(Br)cc12)c1cnn(C)c1. The van der Waals surface area contributed by atoms with E-state index in [4.69, 9.17) is 9.72 Å². The molecular weight excluding hydrogens is 480 g/mol. The van der Waals surface area contributed by atoms with Crippen molar-refractivity contribution in [2.45, 2.75) is 13.0 Å². The van der Waals surface area contributed by atoms with Crippen LogP contribution in [0.4, 0.5) is 0 Å². The number of nitrogens with one attached hydrogen (secondary N) is 1. The van der Waals surface area contributed by atoms with Crippen molar-refractivity contribution in [1.29, 1.82) is 0 Å². The van der Waals surface area contributed by atoms with Crippen molar-refractivity contribution in [3.05, 3.63) is 93.3 Å². The van der Waals surface area contributed by atoms with Gasteiger partial charge in [0.15, 0.2) is 0 Å². The number of carbonyl (C=O) groups is 1. The van der Waals surface area contributed by atoms with Gasteiger partial charge < -0.3 is 10.1 Å². The lowest BCUT2D eigenvalue weighted by molar-refractivity contribution is 0.0898. The van der Waals surface area contributed by atoms with Crippen LogP contribution < -0.4 is 5.32 Å². The van der Waals surface area contributed by atoms with E-state index in [9.17, 15) is 4.79 Å². The first-order chi connectivity index (χ1) is 15.9. The standard InChI is InChI=1S/C26H25BrN4O2/c1-17-5-4-6-18(11-17)7-9-21-13-23(22-12-20(27)8-10-24(22)29-21)26(32)30-25(16-33-3)19-14-28-31(2)15-19/h4-15,25H,16H2,1-3H3,(H,30,32)/b9-7+. The van der Waals surface area contributed by atoms with Crippen LogP contribution in [0.5, 0.6) is 0 Å². The largest absolute Gasteiger partial charge is 0.382 e. The highest BCUT2D eigenvalue weighted by molar-refractivity contribution is 9.10. The fraction of sp³-hybridized carbons (Fsp3) is 0.192. The molecule has 1 unspecified atom stereocenters. The van der Waals surface area contributed by atoms with Gasteiger partial charge in [-0.1, -0.05) is 51.8 Å². The molecule has 0 bridgehead atoms. The average molecular weight is 505 g/mol. The van der Waals surface area contributed by atoms with Gasteiger partial charge in [-0.15, -0.1) is 0 Å². The molecule has 33 heavy (non-hydrogen) atoms. The average Bonchev–Trinajstić information content (AvgIpc) is 3.23. The summed E-state index contributed by atoms with van der Waals surface area (Å²) in [5, 5.41) is 8.09. The minimum Gasteiger partial charge on any atom is -0.382 e. The Hall–Kier alpha value is -3.29. The van der Waals surface area contributed by atoms with E-state index >= 15 is 0 Å². The van der Waals surface area contributed by atoms with E-state index in [2.05, 4.69) is 45.4 Å². The second-order valence-corrected chi connectivity index (χ2v) is 8.85. The van der Waals surface area contributed by atoms with Crippen LogP contribution in [0.2, 0.25) is 0 Å². The van der Waals surface area contributed by atoms with Crippen molar-refractivity contribution in [1.82, 2.24) is 20.1 Å². The topological polar surface area (TPSA) is 69.0 Å². The summed E-state index contributed by atoms with van der Waals surface area (Å²) in [6.07, 6.45) is 7.55. The lowest BCUT2D eigenvalue weighted by Crippen LogP contribution is -2.31. The molecule has 1 amide bonds. The third-order valence-electron chi connectivity index (χ3n) is 5.29. The monoisotopic (exact) mass is 504 g/mol. The Kier molecular flexibility index (Phi) is 7.01. The van der Waals surface area contributed by atoms with Crippen LogP contribution >= 0.6 is 15.9 Å². The van der Waals surface area contributed by atoms with Gasteiger partial charge in [0.2, 0.25) is 0 Å². The number of halogens is 1. The summed E-state index contributed by atoms with van der Waals surface area (Å²) >= 11 is 3.51. The van der Waals surface area contributed by atoms with Crippen molar-refractivity contribution in [3.63, 3.8) is 0 Å². The van der Waals surface area contributed by atoms with Crippen LogP contribution in [-0.2, 0) is 11.8 Å². The third-order valence-corrected chi connectivity index (χ3v) is 5.78. The Morgan fingerprint density at radius 3 is 2.79 bits per heavy atom. The van der Waals surface area contributed by atoms with Gasteiger partial charge in [0.1, 0.15) is 0 Å². The van der Waals surface area contributed by atoms with Crippen LogP contribution in [0.1, 0.15) is 38.8 Å². The molecule has 2 aromatic heterocycles. The van der Waals surface area contributed by atoms with E-state index in [-0.39, 0.29) is 11.9 Å². The summed E-state index contributed by atoms with van der Waals surface area (Å²) < 4.78 is 7.94. The molecule has 168 valence electrons. The number of methoxy groups -OCH3 is 1. The maximum atomic E-state index is 13.4. The number of fused-ring (bicyclic) bond motifs is 1. The zero-order chi connectivity index (χ0) is 23.4. The van der Waals surface area contributed by atoms with Crippen molar-refractivity contribution >= 4 is 44.9 Å². The number of hydrogen-bond acceptors (Lipinski definition) is 4. The summed E-state index contributed by atoms with van der Waals surface area (Å²) in [7, 11) is 3.46. The number of hydrogen-bond donors (Lipinski definition) is 1. The lowest BCUT2D eigenvalue weighted by Gasteiger charge is -2.17. The van der Waals surface area contributed by atoms with Gasteiger partial charge in [-0.25, -0.2) is 4.98 Å². The molecule has 0 aliphatic rings. The van der Waals surface area contributed by atoms with E-state index < -0.39 is 0 Å². The van der Waals surface area contributed by atoms with Crippen LogP contribution in [0.15, 0.2) is 65.4 Å². The van der Waals surface area contributed by atoms with Crippen LogP contribution in [0.25, 0.3) is 23.1 Å². The van der Waals surface area contributed by atoms with Gasteiger partial charge in [0.05, 0.1) is 35.6 Å². The van der Waals surface area contributed by atoms with Gasteiger partial charge in [-0.3, -0.25) is 9.48 Å². The van der Waals surface area contributed by atoms with E-state index in [1.165, 1.54) is 5.56 Å². The molecule has 7 heteroatoms. The molecule has 0 spiro atoms. The molecule has 0 saturated carbocycles. The van der Waals surface area contributed by atoms with Crippen molar-refractivity contribution in [2.75, 3.05) is 13.7 Å². The van der Waals surface area contributed by atoms with E-state index in [1.807, 2.05) is 61.8 Å².